The van der Waals surface area contributed by atoms with E-state index in [1.165, 1.54) is 0 Å². The molecule has 8 heteroatoms. The van der Waals surface area contributed by atoms with Crippen LogP contribution in [0.3, 0.4) is 0 Å². The Morgan fingerprint density at radius 3 is 1.25 bits per heavy atom. The molecule has 0 aliphatic carbocycles. The van der Waals surface area contributed by atoms with E-state index in [-0.39, 0.29) is 28.0 Å². The SMILES string of the molecule is O.O.O=S(O)(O)=S.[Mn]. The van der Waals surface area contributed by atoms with Crippen molar-refractivity contribution in [2.75, 3.05) is 0 Å². The smallest absolute Gasteiger partial charge is 0.263 e. The quantitative estimate of drug-likeness (QED) is 0.445. The normalized spacial score (nSPS) is 7.25. The van der Waals surface area contributed by atoms with Gasteiger partial charge in [-0.15, -0.1) is 0 Å². The van der Waals surface area contributed by atoms with Crippen molar-refractivity contribution in [3.63, 3.8) is 0 Å². The van der Waals surface area contributed by atoms with Gasteiger partial charge in [0, 0.05) is 28.3 Å². The minimum atomic E-state index is -3.83. The zero-order valence-electron chi connectivity index (χ0n) is 3.50. The van der Waals surface area contributed by atoms with E-state index in [9.17, 15) is 0 Å². The summed E-state index contributed by atoms with van der Waals surface area (Å²) < 4.78 is 24.0. The molecule has 1 radical (unpaired) electrons. The van der Waals surface area contributed by atoms with Crippen molar-refractivity contribution >= 4 is 20.2 Å². The van der Waals surface area contributed by atoms with Gasteiger partial charge < -0.3 is 11.0 Å². The van der Waals surface area contributed by atoms with E-state index >= 15 is 0 Å². The fraction of sp³-hybridized carbons (Fsp3) is 0. The molecule has 0 rings (SSSR count). The molecule has 0 aliphatic heterocycles. The Balaban J connectivity index is -0.0000000267. The van der Waals surface area contributed by atoms with Crippen LogP contribution in [0.4, 0.5) is 0 Å². The van der Waals surface area contributed by atoms with Gasteiger partial charge in [0.15, 0.2) is 0 Å². The van der Waals surface area contributed by atoms with Gasteiger partial charge in [0.2, 0.25) is 0 Å². The van der Waals surface area contributed by atoms with Crippen LogP contribution in [-0.2, 0) is 37.3 Å². The third-order valence-electron chi connectivity index (χ3n) is 0. The summed E-state index contributed by atoms with van der Waals surface area (Å²) in [4.78, 5) is 0. The zero-order valence-corrected chi connectivity index (χ0v) is 6.31. The first-order valence-electron chi connectivity index (χ1n) is 0.698. The summed E-state index contributed by atoms with van der Waals surface area (Å²) >= 11 is 3.47. The van der Waals surface area contributed by atoms with Gasteiger partial charge >= 0.3 is 0 Å². The first-order valence-corrected chi connectivity index (χ1v) is 3.10. The minimum Gasteiger partial charge on any atom is -0.412 e. The molecule has 0 spiro atoms. The molecule has 0 bridgehead atoms. The Bertz CT molecular complexity index is 93.6. The van der Waals surface area contributed by atoms with Crippen molar-refractivity contribution in [3.8, 4) is 0 Å². The third-order valence-corrected chi connectivity index (χ3v) is 0. The Hall–Kier alpha value is 0.729. The second-order valence-corrected chi connectivity index (χ2v) is 2.65. The molecule has 0 aliphatic rings. The predicted molar refractivity (Wildman–Crippen MR) is 28.0 cm³/mol. The molecule has 0 atom stereocenters. The summed E-state index contributed by atoms with van der Waals surface area (Å²) in [5.74, 6) is 0. The molecule has 0 fully saturated rings. The second kappa shape index (κ2) is 7.73. The number of hydrogen-bond acceptors (Lipinski definition) is 2. The van der Waals surface area contributed by atoms with E-state index < -0.39 is 9.05 Å². The summed E-state index contributed by atoms with van der Waals surface area (Å²) in [6.07, 6.45) is 0. The summed E-state index contributed by atoms with van der Waals surface area (Å²) in [5, 5.41) is 0. The topological polar surface area (TPSA) is 121 Å². The zero-order chi connectivity index (χ0) is 4.50. The third kappa shape index (κ3) is 415. The van der Waals surface area contributed by atoms with Crippen LogP contribution in [0.15, 0.2) is 0 Å². The first-order chi connectivity index (χ1) is 2.00. The average molecular weight is 205 g/mol. The van der Waals surface area contributed by atoms with Crippen molar-refractivity contribution in [1.29, 1.82) is 0 Å². The maximum atomic E-state index is 9.11. The van der Waals surface area contributed by atoms with Gasteiger partial charge in [-0.2, -0.15) is 4.21 Å². The number of hydrogen-bond donors (Lipinski definition) is 2. The van der Waals surface area contributed by atoms with Crippen molar-refractivity contribution in [3.05, 3.63) is 0 Å². The van der Waals surface area contributed by atoms with Crippen LogP contribution in [0.5, 0.6) is 0 Å². The van der Waals surface area contributed by atoms with E-state index in [1.807, 2.05) is 0 Å². The van der Waals surface area contributed by atoms with Gasteiger partial charge in [0.1, 0.15) is 0 Å². The monoisotopic (exact) mass is 205 g/mol. The van der Waals surface area contributed by atoms with Crippen molar-refractivity contribution in [2.45, 2.75) is 0 Å². The van der Waals surface area contributed by atoms with E-state index in [4.69, 9.17) is 13.3 Å². The fourth-order valence-electron chi connectivity index (χ4n) is 0. The van der Waals surface area contributed by atoms with E-state index in [0.717, 1.165) is 0 Å². The fourth-order valence-corrected chi connectivity index (χ4v) is 0. The van der Waals surface area contributed by atoms with Gasteiger partial charge in [0.05, 0.1) is 0 Å². The summed E-state index contributed by atoms with van der Waals surface area (Å²) in [7, 11) is -3.83. The summed E-state index contributed by atoms with van der Waals surface area (Å²) in [6, 6.07) is 0. The second-order valence-electron chi connectivity index (χ2n) is 0.448. The molecule has 0 aromatic carbocycles. The van der Waals surface area contributed by atoms with Gasteiger partial charge in [0.25, 0.3) is 9.05 Å². The molecular formula is H6MnO5S2. The van der Waals surface area contributed by atoms with Crippen LogP contribution in [0, 0.1) is 0 Å². The van der Waals surface area contributed by atoms with Crippen molar-refractivity contribution in [1.82, 2.24) is 0 Å². The molecular weight excluding hydrogens is 199 g/mol. The van der Waals surface area contributed by atoms with Crippen LogP contribution < -0.4 is 0 Å². The maximum absolute atomic E-state index is 9.11. The Kier molecular flexibility index (Phi) is 22.5. The Morgan fingerprint density at radius 2 is 1.25 bits per heavy atom. The average Bonchev–Trinajstić information content (AvgIpc) is 0.722. The van der Waals surface area contributed by atoms with Crippen LogP contribution in [-0.4, -0.2) is 24.3 Å². The van der Waals surface area contributed by atoms with Gasteiger partial charge in [-0.1, -0.05) is 0 Å². The predicted octanol–water partition coefficient (Wildman–Crippen LogP) is -1.97. The Morgan fingerprint density at radius 1 is 1.25 bits per heavy atom. The molecule has 6 N–H and O–H groups in total. The Labute approximate surface area is 61.9 Å². The van der Waals surface area contributed by atoms with Crippen LogP contribution in [0.1, 0.15) is 0 Å². The molecule has 0 aromatic rings. The van der Waals surface area contributed by atoms with Crippen LogP contribution in [0.25, 0.3) is 0 Å². The largest absolute Gasteiger partial charge is 0.412 e. The summed E-state index contributed by atoms with van der Waals surface area (Å²) in [5.41, 5.74) is 0. The van der Waals surface area contributed by atoms with Crippen LogP contribution in [0.2, 0.25) is 0 Å². The maximum Gasteiger partial charge on any atom is 0.263 e. The van der Waals surface area contributed by atoms with Gasteiger partial charge in [-0.3, -0.25) is 9.11 Å². The molecule has 0 aromatic heterocycles. The molecule has 5 nitrogen and oxygen atoms in total. The molecule has 0 heterocycles. The van der Waals surface area contributed by atoms with E-state index in [2.05, 4.69) is 11.2 Å². The van der Waals surface area contributed by atoms with E-state index in [1.54, 1.807) is 0 Å². The molecule has 55 valence electrons. The first kappa shape index (κ1) is 23.3. The molecule has 0 amide bonds. The molecule has 0 saturated heterocycles. The minimum absolute atomic E-state index is 0. The van der Waals surface area contributed by atoms with Crippen molar-refractivity contribution < 1.29 is 41.3 Å². The molecule has 0 saturated carbocycles. The standard InChI is InChI=1S/Mn.H2O3S2.2H2O/c;1-5(2,3)4;;/h;(H2,1,2,3,4);2*1H2. The van der Waals surface area contributed by atoms with Crippen molar-refractivity contribution in [2.24, 2.45) is 0 Å². The molecule has 8 heavy (non-hydrogen) atoms. The number of rotatable bonds is 0. The summed E-state index contributed by atoms with van der Waals surface area (Å²) in [6.45, 7) is 0. The van der Waals surface area contributed by atoms with E-state index in [0.29, 0.717) is 0 Å². The van der Waals surface area contributed by atoms with Crippen LogP contribution >= 0.6 is 0 Å². The van der Waals surface area contributed by atoms with Gasteiger partial charge in [-0.25, -0.2) is 0 Å². The molecule has 0 unspecified atom stereocenters. The van der Waals surface area contributed by atoms with Gasteiger partial charge in [-0.05, 0) is 0 Å².